The lowest BCUT2D eigenvalue weighted by Gasteiger charge is -2.24. The van der Waals surface area contributed by atoms with Gasteiger partial charge in [0.2, 0.25) is 0 Å². The van der Waals surface area contributed by atoms with Gasteiger partial charge in [-0.15, -0.1) is 11.8 Å². The van der Waals surface area contributed by atoms with E-state index in [0.29, 0.717) is 10.8 Å². The summed E-state index contributed by atoms with van der Waals surface area (Å²) in [4.78, 5) is 31.2. The largest absolute Gasteiger partial charge is 0.481 e. The van der Waals surface area contributed by atoms with Gasteiger partial charge in [0.15, 0.2) is 0 Å². The summed E-state index contributed by atoms with van der Waals surface area (Å²) in [5.74, 6) is 0.316. The summed E-state index contributed by atoms with van der Waals surface area (Å²) >= 11 is 1.76. The molecule has 164 valence electrons. The van der Waals surface area contributed by atoms with Crippen LogP contribution in [0.15, 0.2) is 17.2 Å². The summed E-state index contributed by atoms with van der Waals surface area (Å²) in [5, 5.41) is 13.7. The van der Waals surface area contributed by atoms with Gasteiger partial charge in [-0.05, 0) is 50.2 Å². The number of hydrogen-bond donors (Lipinski definition) is 2. The van der Waals surface area contributed by atoms with Crippen LogP contribution in [0.3, 0.4) is 0 Å². The van der Waals surface area contributed by atoms with Crippen LogP contribution in [0, 0.1) is 5.92 Å². The van der Waals surface area contributed by atoms with Crippen LogP contribution in [0.4, 0.5) is 5.82 Å². The first-order chi connectivity index (χ1) is 14.6. The van der Waals surface area contributed by atoms with Crippen molar-refractivity contribution in [2.75, 3.05) is 18.0 Å². The molecule has 0 bridgehead atoms. The average molecular weight is 432 g/mol. The van der Waals surface area contributed by atoms with E-state index in [0.717, 1.165) is 43.2 Å². The number of amides is 1. The van der Waals surface area contributed by atoms with Gasteiger partial charge in [0, 0.05) is 30.8 Å². The summed E-state index contributed by atoms with van der Waals surface area (Å²) < 4.78 is 0. The standard InChI is InChI=1S/C23H33N3O3S/c27-21(28)14-16-12-13-26(15-16)20-11-10-19(22(29)24-17-6-2-1-3-7-17)23(25-20)30-18-8-4-5-9-18/h10-11,16-18H,1-9,12-15H2,(H,24,29)(H,27,28)/t16-/m1/s1. The van der Waals surface area contributed by atoms with Crippen molar-refractivity contribution >= 4 is 29.5 Å². The van der Waals surface area contributed by atoms with Gasteiger partial charge in [0.05, 0.1) is 5.56 Å². The van der Waals surface area contributed by atoms with E-state index in [1.54, 1.807) is 11.8 Å². The summed E-state index contributed by atoms with van der Waals surface area (Å²) in [6.07, 6.45) is 11.8. The summed E-state index contributed by atoms with van der Waals surface area (Å²) in [6, 6.07) is 4.16. The fourth-order valence-corrected chi connectivity index (χ4v) is 6.32. The van der Waals surface area contributed by atoms with Crippen molar-refractivity contribution in [2.45, 2.75) is 86.9 Å². The average Bonchev–Trinajstić information content (AvgIpc) is 3.40. The van der Waals surface area contributed by atoms with Crippen molar-refractivity contribution in [1.29, 1.82) is 0 Å². The molecule has 1 aromatic heterocycles. The number of anilines is 1. The quantitative estimate of drug-likeness (QED) is 0.662. The zero-order chi connectivity index (χ0) is 20.9. The molecule has 7 heteroatoms. The fourth-order valence-electron chi connectivity index (χ4n) is 5.00. The second kappa shape index (κ2) is 10.0. The highest BCUT2D eigenvalue weighted by Gasteiger charge is 2.28. The van der Waals surface area contributed by atoms with Crippen molar-refractivity contribution in [2.24, 2.45) is 5.92 Å². The molecule has 2 heterocycles. The Bertz CT molecular complexity index is 760. The van der Waals surface area contributed by atoms with E-state index < -0.39 is 5.97 Å². The highest BCUT2D eigenvalue weighted by atomic mass is 32.2. The van der Waals surface area contributed by atoms with Crippen LogP contribution in [0.1, 0.15) is 81.0 Å². The lowest BCUT2D eigenvalue weighted by Crippen LogP contribution is -2.36. The second-order valence-electron chi connectivity index (χ2n) is 9.05. The minimum absolute atomic E-state index is 0.00613. The number of hydrogen-bond acceptors (Lipinski definition) is 5. The zero-order valence-electron chi connectivity index (χ0n) is 17.6. The van der Waals surface area contributed by atoms with Crippen molar-refractivity contribution in [3.63, 3.8) is 0 Å². The molecular formula is C23H33N3O3S. The summed E-state index contributed by atoms with van der Waals surface area (Å²) in [7, 11) is 0. The molecule has 6 nitrogen and oxygen atoms in total. The van der Waals surface area contributed by atoms with Crippen LogP contribution in [0.5, 0.6) is 0 Å². The minimum Gasteiger partial charge on any atom is -0.481 e. The molecule has 0 radical (unpaired) electrons. The SMILES string of the molecule is O=C(O)C[C@H]1CCN(c2ccc(C(=O)NC3CCCCC3)c(SC3CCCC3)n2)C1. The molecule has 3 aliphatic rings. The number of carboxylic acid groups (broad SMARTS) is 1. The molecule has 2 N–H and O–H groups in total. The van der Waals surface area contributed by atoms with E-state index in [-0.39, 0.29) is 24.3 Å². The third kappa shape index (κ3) is 5.48. The number of aliphatic carboxylic acids is 1. The number of thioether (sulfide) groups is 1. The lowest BCUT2D eigenvalue weighted by molar-refractivity contribution is -0.137. The number of aromatic nitrogens is 1. The van der Waals surface area contributed by atoms with Crippen molar-refractivity contribution < 1.29 is 14.7 Å². The second-order valence-corrected chi connectivity index (χ2v) is 10.3. The first-order valence-electron chi connectivity index (χ1n) is 11.5. The first-order valence-corrected chi connectivity index (χ1v) is 12.4. The lowest BCUT2D eigenvalue weighted by atomic mass is 9.95. The number of nitrogens with one attached hydrogen (secondary N) is 1. The molecule has 30 heavy (non-hydrogen) atoms. The van der Waals surface area contributed by atoms with Crippen LogP contribution in [0.25, 0.3) is 0 Å². The van der Waals surface area contributed by atoms with E-state index in [2.05, 4.69) is 10.2 Å². The minimum atomic E-state index is -0.734. The monoisotopic (exact) mass is 431 g/mol. The smallest absolute Gasteiger partial charge is 0.303 e. The van der Waals surface area contributed by atoms with Crippen molar-refractivity contribution in [3.8, 4) is 0 Å². The van der Waals surface area contributed by atoms with Crippen LogP contribution >= 0.6 is 11.8 Å². The molecule has 1 aromatic rings. The van der Waals surface area contributed by atoms with Crippen LogP contribution in [-0.4, -0.2) is 46.3 Å². The predicted molar refractivity (Wildman–Crippen MR) is 119 cm³/mol. The van der Waals surface area contributed by atoms with Gasteiger partial charge in [-0.2, -0.15) is 0 Å². The molecule has 1 saturated heterocycles. The molecule has 0 aromatic carbocycles. The predicted octanol–water partition coefficient (Wildman–Crippen LogP) is 4.48. The van der Waals surface area contributed by atoms with Gasteiger partial charge in [0.25, 0.3) is 5.91 Å². The maximum absolute atomic E-state index is 13.1. The normalized spacial score (nSPS) is 23.1. The Kier molecular flexibility index (Phi) is 7.18. The third-order valence-corrected chi connectivity index (χ3v) is 8.02. The molecule has 0 unspecified atom stereocenters. The van der Waals surface area contributed by atoms with Gasteiger partial charge in [-0.3, -0.25) is 9.59 Å². The number of carbonyl (C=O) groups is 2. The van der Waals surface area contributed by atoms with E-state index in [1.165, 1.54) is 44.9 Å². The van der Waals surface area contributed by atoms with E-state index in [4.69, 9.17) is 10.1 Å². The Morgan fingerprint density at radius 1 is 1.07 bits per heavy atom. The Morgan fingerprint density at radius 2 is 1.80 bits per heavy atom. The number of rotatable bonds is 7. The van der Waals surface area contributed by atoms with Gasteiger partial charge in [-0.1, -0.05) is 32.1 Å². The molecule has 0 spiro atoms. The van der Waals surface area contributed by atoms with Crippen LogP contribution in [-0.2, 0) is 4.79 Å². The molecule has 1 amide bonds. The van der Waals surface area contributed by atoms with E-state index >= 15 is 0 Å². The van der Waals surface area contributed by atoms with Crippen molar-refractivity contribution in [3.05, 3.63) is 17.7 Å². The highest BCUT2D eigenvalue weighted by Crippen LogP contribution is 2.37. The van der Waals surface area contributed by atoms with Crippen molar-refractivity contribution in [1.82, 2.24) is 10.3 Å². The molecule has 1 aliphatic heterocycles. The van der Waals surface area contributed by atoms with Crippen LogP contribution in [0.2, 0.25) is 0 Å². The summed E-state index contributed by atoms with van der Waals surface area (Å²) in [5.41, 5.74) is 0.697. The van der Waals surface area contributed by atoms with Gasteiger partial charge in [-0.25, -0.2) is 4.98 Å². The van der Waals surface area contributed by atoms with Crippen LogP contribution < -0.4 is 10.2 Å². The Hall–Kier alpha value is -1.76. The maximum Gasteiger partial charge on any atom is 0.303 e. The Balaban J connectivity index is 1.50. The molecule has 2 aliphatic carbocycles. The number of carbonyl (C=O) groups excluding carboxylic acids is 1. The summed E-state index contributed by atoms with van der Waals surface area (Å²) in [6.45, 7) is 1.55. The van der Waals surface area contributed by atoms with Gasteiger partial charge >= 0.3 is 5.97 Å². The number of carboxylic acids is 1. The number of pyridine rings is 1. The number of nitrogens with zero attached hydrogens (tertiary/aromatic N) is 2. The first kappa shape index (κ1) is 21.5. The third-order valence-electron chi connectivity index (χ3n) is 6.68. The molecule has 3 fully saturated rings. The van der Waals surface area contributed by atoms with E-state index in [9.17, 15) is 9.59 Å². The molecule has 4 rings (SSSR count). The fraction of sp³-hybridized carbons (Fsp3) is 0.696. The molecule has 2 saturated carbocycles. The molecular weight excluding hydrogens is 398 g/mol. The molecule has 1 atom stereocenters. The zero-order valence-corrected chi connectivity index (χ0v) is 18.5. The van der Waals surface area contributed by atoms with E-state index in [1.807, 2.05) is 12.1 Å². The Morgan fingerprint density at radius 3 is 2.53 bits per heavy atom. The topological polar surface area (TPSA) is 82.5 Å². The van der Waals surface area contributed by atoms with Gasteiger partial charge < -0.3 is 15.3 Å². The van der Waals surface area contributed by atoms with Gasteiger partial charge in [0.1, 0.15) is 10.8 Å². The highest BCUT2D eigenvalue weighted by molar-refractivity contribution is 7.99. The maximum atomic E-state index is 13.1. The Labute approximate surface area is 183 Å².